The molecule has 0 N–H and O–H groups in total. The molecular formula is C14H14N4OS. The summed E-state index contributed by atoms with van der Waals surface area (Å²) in [7, 11) is 0. The minimum atomic E-state index is -0.284. The van der Waals surface area contributed by atoms with Crippen molar-refractivity contribution >= 4 is 40.7 Å². The summed E-state index contributed by atoms with van der Waals surface area (Å²) in [6.07, 6.45) is 3.39. The second-order valence-corrected chi connectivity index (χ2v) is 5.37. The van der Waals surface area contributed by atoms with E-state index in [1.165, 1.54) is 0 Å². The fourth-order valence-corrected chi connectivity index (χ4v) is 2.77. The first-order chi connectivity index (χ1) is 9.72. The van der Waals surface area contributed by atoms with Crippen LogP contribution in [0, 0.1) is 0 Å². The van der Waals surface area contributed by atoms with E-state index in [-0.39, 0.29) is 5.91 Å². The van der Waals surface area contributed by atoms with Gasteiger partial charge < -0.3 is 0 Å². The van der Waals surface area contributed by atoms with Crippen molar-refractivity contribution in [3.05, 3.63) is 28.1 Å². The van der Waals surface area contributed by atoms with Gasteiger partial charge in [0, 0.05) is 4.88 Å². The van der Waals surface area contributed by atoms with Gasteiger partial charge in [0.1, 0.15) is 5.70 Å². The van der Waals surface area contributed by atoms with Gasteiger partial charge in [-0.2, -0.15) is 15.1 Å². The summed E-state index contributed by atoms with van der Waals surface area (Å²) in [5.41, 5.74) is 2.29. The molecule has 2 aliphatic heterocycles. The van der Waals surface area contributed by atoms with E-state index < -0.39 is 0 Å². The van der Waals surface area contributed by atoms with E-state index in [4.69, 9.17) is 0 Å². The largest absolute Gasteiger partial charge is 0.299 e. The lowest BCUT2D eigenvalue weighted by atomic mass is 10.1. The minimum absolute atomic E-state index is 0.284. The Morgan fingerprint density at radius 1 is 1.25 bits per heavy atom. The van der Waals surface area contributed by atoms with Crippen LogP contribution < -0.4 is 0 Å². The maximum atomic E-state index is 12.0. The SMILES string of the molecule is CCC1=NC2=NC(=O)C(=Cc3cccs3)N2N=C1CC. The zero-order chi connectivity index (χ0) is 14.1. The van der Waals surface area contributed by atoms with Gasteiger partial charge in [0.05, 0.1) is 11.4 Å². The third kappa shape index (κ3) is 2.12. The molecule has 0 bridgehead atoms. The molecule has 3 rings (SSSR count). The molecule has 1 aromatic heterocycles. The predicted molar refractivity (Wildman–Crippen MR) is 82.0 cm³/mol. The number of nitrogens with zero attached hydrogens (tertiary/aromatic N) is 4. The van der Waals surface area contributed by atoms with Crippen LogP contribution in [0.4, 0.5) is 0 Å². The molecule has 20 heavy (non-hydrogen) atoms. The number of hydrogen-bond acceptors (Lipinski definition) is 5. The van der Waals surface area contributed by atoms with Crippen molar-refractivity contribution < 1.29 is 4.79 Å². The Hall–Kier alpha value is -2.08. The van der Waals surface area contributed by atoms with Gasteiger partial charge in [-0.3, -0.25) is 4.79 Å². The number of rotatable bonds is 3. The first-order valence-corrected chi connectivity index (χ1v) is 7.44. The van der Waals surface area contributed by atoms with Gasteiger partial charge in [-0.05, 0) is 30.4 Å². The molecule has 0 aliphatic carbocycles. The summed E-state index contributed by atoms with van der Waals surface area (Å²) in [5.74, 6) is 0.0977. The van der Waals surface area contributed by atoms with Crippen LogP contribution in [0.5, 0.6) is 0 Å². The van der Waals surface area contributed by atoms with Crippen molar-refractivity contribution in [2.45, 2.75) is 26.7 Å². The summed E-state index contributed by atoms with van der Waals surface area (Å²) in [5, 5.41) is 8.06. The zero-order valence-electron chi connectivity index (χ0n) is 11.3. The monoisotopic (exact) mass is 286 g/mol. The summed E-state index contributed by atoms with van der Waals surface area (Å²) >= 11 is 1.57. The number of carbonyl (C=O) groups excluding carboxylic acids is 1. The first-order valence-electron chi connectivity index (χ1n) is 6.56. The van der Waals surface area contributed by atoms with Crippen LogP contribution in [0.1, 0.15) is 31.6 Å². The highest BCUT2D eigenvalue weighted by molar-refractivity contribution is 7.10. The number of guanidine groups is 1. The number of aliphatic imine (C=N–C) groups is 2. The second-order valence-electron chi connectivity index (χ2n) is 4.39. The molecule has 0 radical (unpaired) electrons. The topological polar surface area (TPSA) is 57.4 Å². The summed E-state index contributed by atoms with van der Waals surface area (Å²) < 4.78 is 0. The molecule has 1 amide bonds. The number of amides is 1. The van der Waals surface area contributed by atoms with E-state index in [0.29, 0.717) is 11.7 Å². The molecule has 2 aliphatic rings. The van der Waals surface area contributed by atoms with Crippen molar-refractivity contribution in [2.24, 2.45) is 15.1 Å². The maximum absolute atomic E-state index is 12.0. The molecule has 6 heteroatoms. The maximum Gasteiger partial charge on any atom is 0.299 e. The van der Waals surface area contributed by atoms with Gasteiger partial charge in [0.25, 0.3) is 11.9 Å². The number of hydrazone groups is 1. The molecule has 102 valence electrons. The quantitative estimate of drug-likeness (QED) is 0.802. The van der Waals surface area contributed by atoms with E-state index in [2.05, 4.69) is 15.1 Å². The number of fused-ring (bicyclic) bond motifs is 1. The van der Waals surface area contributed by atoms with Crippen molar-refractivity contribution in [2.75, 3.05) is 0 Å². The first kappa shape index (κ1) is 12.9. The Bertz CT molecular complexity index is 667. The number of carbonyl (C=O) groups is 1. The lowest BCUT2D eigenvalue weighted by Crippen LogP contribution is -2.30. The lowest BCUT2D eigenvalue weighted by molar-refractivity contribution is -0.114. The normalized spacial score (nSPS) is 19.9. The van der Waals surface area contributed by atoms with E-state index in [1.54, 1.807) is 16.3 Å². The molecule has 0 saturated heterocycles. The molecule has 0 saturated carbocycles. The van der Waals surface area contributed by atoms with Gasteiger partial charge in [0.2, 0.25) is 0 Å². The summed E-state index contributed by atoms with van der Waals surface area (Å²) in [6, 6.07) is 3.90. The number of hydrogen-bond donors (Lipinski definition) is 0. The molecular weight excluding hydrogens is 272 g/mol. The molecule has 5 nitrogen and oxygen atoms in total. The van der Waals surface area contributed by atoms with Gasteiger partial charge in [-0.25, -0.2) is 4.99 Å². The summed E-state index contributed by atoms with van der Waals surface area (Å²) in [6.45, 7) is 4.06. The van der Waals surface area contributed by atoms with E-state index in [0.717, 1.165) is 29.1 Å². The van der Waals surface area contributed by atoms with Crippen LogP contribution in [-0.4, -0.2) is 28.3 Å². The molecule has 0 fully saturated rings. The second kappa shape index (κ2) is 5.13. The van der Waals surface area contributed by atoms with Crippen LogP contribution in [-0.2, 0) is 4.79 Å². The Labute approximate surface area is 121 Å². The molecule has 1 aromatic rings. The van der Waals surface area contributed by atoms with Crippen LogP contribution >= 0.6 is 11.3 Å². The van der Waals surface area contributed by atoms with E-state index >= 15 is 0 Å². The van der Waals surface area contributed by atoms with Crippen LogP contribution in [0.2, 0.25) is 0 Å². The average molecular weight is 286 g/mol. The molecule has 0 spiro atoms. The fraction of sp³-hybridized carbons (Fsp3) is 0.286. The Morgan fingerprint density at radius 3 is 2.70 bits per heavy atom. The molecule has 0 aromatic carbocycles. The molecule has 0 unspecified atom stereocenters. The smallest absolute Gasteiger partial charge is 0.265 e. The standard InChI is InChI=1S/C14H14N4OS/c1-3-10-11(4-2)17-18-12(8-9-6-5-7-20-9)13(19)16-14(18)15-10/h5-8H,3-4H2,1-2H3. The van der Waals surface area contributed by atoms with Crippen molar-refractivity contribution in [1.29, 1.82) is 0 Å². The highest BCUT2D eigenvalue weighted by atomic mass is 32.1. The highest BCUT2D eigenvalue weighted by Gasteiger charge is 2.33. The molecule has 3 heterocycles. The zero-order valence-corrected chi connectivity index (χ0v) is 12.1. The van der Waals surface area contributed by atoms with Gasteiger partial charge >= 0.3 is 0 Å². The minimum Gasteiger partial charge on any atom is -0.265 e. The van der Waals surface area contributed by atoms with E-state index in [9.17, 15) is 4.79 Å². The van der Waals surface area contributed by atoms with Crippen molar-refractivity contribution in [3.8, 4) is 0 Å². The number of thiophene rings is 1. The Kier molecular flexibility index (Phi) is 3.31. The van der Waals surface area contributed by atoms with Crippen molar-refractivity contribution in [1.82, 2.24) is 5.01 Å². The Morgan fingerprint density at radius 2 is 2.05 bits per heavy atom. The fourth-order valence-electron chi connectivity index (χ4n) is 2.12. The Balaban J connectivity index is 2.01. The van der Waals surface area contributed by atoms with E-state index in [1.807, 2.05) is 37.4 Å². The lowest BCUT2D eigenvalue weighted by Gasteiger charge is -2.20. The summed E-state index contributed by atoms with van der Waals surface area (Å²) in [4.78, 5) is 21.5. The van der Waals surface area contributed by atoms with Crippen molar-refractivity contribution in [3.63, 3.8) is 0 Å². The van der Waals surface area contributed by atoms with Gasteiger partial charge in [-0.1, -0.05) is 19.9 Å². The molecule has 0 atom stereocenters. The van der Waals surface area contributed by atoms with Gasteiger partial charge in [-0.15, -0.1) is 11.3 Å². The average Bonchev–Trinajstić information content (AvgIpc) is 3.06. The predicted octanol–water partition coefficient (Wildman–Crippen LogP) is 2.92. The van der Waals surface area contributed by atoms with Crippen LogP contribution in [0.25, 0.3) is 6.08 Å². The van der Waals surface area contributed by atoms with Crippen LogP contribution in [0.15, 0.2) is 38.3 Å². The van der Waals surface area contributed by atoms with Crippen LogP contribution in [0.3, 0.4) is 0 Å². The third-order valence-electron chi connectivity index (χ3n) is 3.12. The highest BCUT2D eigenvalue weighted by Crippen LogP contribution is 2.25. The van der Waals surface area contributed by atoms with Gasteiger partial charge in [0.15, 0.2) is 0 Å². The third-order valence-corrected chi connectivity index (χ3v) is 3.94.